The zero-order chi connectivity index (χ0) is 27.2. The molecule has 0 bridgehead atoms. The van der Waals surface area contributed by atoms with E-state index in [1.807, 2.05) is 32.0 Å². The second-order valence-corrected chi connectivity index (χ2v) is 10.6. The fourth-order valence-electron chi connectivity index (χ4n) is 4.90. The molecule has 0 heterocycles. The maximum Gasteiger partial charge on any atom is 0.328 e. The van der Waals surface area contributed by atoms with E-state index in [1.165, 1.54) is 89.9 Å². The Kier molecular flexibility index (Phi) is 19.0. The van der Waals surface area contributed by atoms with Gasteiger partial charge in [0.2, 0.25) is 0 Å². The van der Waals surface area contributed by atoms with E-state index in [0.29, 0.717) is 25.2 Å². The van der Waals surface area contributed by atoms with Crippen LogP contribution < -0.4 is 4.74 Å². The highest BCUT2D eigenvalue weighted by Gasteiger charge is 2.46. The van der Waals surface area contributed by atoms with Crippen LogP contribution in [0.25, 0.3) is 0 Å². The van der Waals surface area contributed by atoms with Crippen LogP contribution in [-0.2, 0) is 20.7 Å². The lowest BCUT2D eigenvalue weighted by Gasteiger charge is -2.26. The largest absolute Gasteiger partial charge is 0.465 e. The second kappa shape index (κ2) is 21.1. The summed E-state index contributed by atoms with van der Waals surface area (Å²) in [6, 6.07) is 7.48. The standard InChI is InChI=1S/C33H56O4/c1-5-9-10-11-12-13-14-15-16-17-18-19-20-21-22-23-27-36-31(34)33(7-3,8-4)32(35)37-30-26-24-25-29(6-2)28-30/h24-26,28H,5-23,27H2,1-4H3. The summed E-state index contributed by atoms with van der Waals surface area (Å²) in [5.41, 5.74) is -0.146. The lowest BCUT2D eigenvalue weighted by atomic mass is 9.82. The number of rotatable bonds is 23. The van der Waals surface area contributed by atoms with Crippen molar-refractivity contribution in [3.63, 3.8) is 0 Å². The molecule has 0 aromatic heterocycles. The van der Waals surface area contributed by atoms with Crippen LogP contribution in [0.15, 0.2) is 24.3 Å². The summed E-state index contributed by atoms with van der Waals surface area (Å²) in [6.07, 6.45) is 22.5. The van der Waals surface area contributed by atoms with E-state index < -0.39 is 17.4 Å². The van der Waals surface area contributed by atoms with E-state index in [1.54, 1.807) is 6.07 Å². The Morgan fingerprint density at radius 3 is 1.59 bits per heavy atom. The van der Waals surface area contributed by atoms with Crippen molar-refractivity contribution < 1.29 is 19.1 Å². The predicted octanol–water partition coefficient (Wildman–Crippen LogP) is 9.77. The molecule has 0 amide bonds. The first-order chi connectivity index (χ1) is 18.0. The van der Waals surface area contributed by atoms with Crippen molar-refractivity contribution >= 4 is 11.9 Å². The highest BCUT2D eigenvalue weighted by Crippen LogP contribution is 2.31. The third-order valence-corrected chi connectivity index (χ3v) is 7.74. The predicted molar refractivity (Wildman–Crippen MR) is 155 cm³/mol. The molecule has 0 unspecified atom stereocenters. The maximum absolute atomic E-state index is 13.0. The van der Waals surface area contributed by atoms with E-state index in [4.69, 9.17) is 9.47 Å². The van der Waals surface area contributed by atoms with Crippen LogP contribution in [0.5, 0.6) is 5.75 Å². The number of esters is 2. The number of carbonyl (C=O) groups is 2. The number of ether oxygens (including phenoxy) is 2. The molecule has 0 saturated carbocycles. The monoisotopic (exact) mass is 516 g/mol. The average molecular weight is 517 g/mol. The zero-order valence-electron chi connectivity index (χ0n) is 24.6. The van der Waals surface area contributed by atoms with Gasteiger partial charge in [0.1, 0.15) is 5.75 Å². The lowest BCUT2D eigenvalue weighted by Crippen LogP contribution is -2.42. The Morgan fingerprint density at radius 2 is 1.14 bits per heavy atom. The molecule has 0 N–H and O–H groups in total. The summed E-state index contributed by atoms with van der Waals surface area (Å²) in [5.74, 6) is -0.473. The van der Waals surface area contributed by atoms with Gasteiger partial charge in [-0.25, -0.2) is 0 Å². The highest BCUT2D eigenvalue weighted by molar-refractivity contribution is 6.00. The molecule has 37 heavy (non-hydrogen) atoms. The normalized spacial score (nSPS) is 11.5. The smallest absolute Gasteiger partial charge is 0.328 e. The molecule has 0 aliphatic rings. The van der Waals surface area contributed by atoms with E-state index in [2.05, 4.69) is 13.8 Å². The first-order valence-corrected chi connectivity index (χ1v) is 15.5. The van der Waals surface area contributed by atoms with Crippen molar-refractivity contribution in [1.29, 1.82) is 0 Å². The number of hydrogen-bond acceptors (Lipinski definition) is 4. The molecule has 0 atom stereocenters. The topological polar surface area (TPSA) is 52.6 Å². The van der Waals surface area contributed by atoms with Crippen LogP contribution in [0.2, 0.25) is 0 Å². The Bertz CT molecular complexity index is 723. The van der Waals surface area contributed by atoms with E-state index in [0.717, 1.165) is 24.8 Å². The van der Waals surface area contributed by atoms with Gasteiger partial charge < -0.3 is 9.47 Å². The van der Waals surface area contributed by atoms with Crippen LogP contribution in [0.3, 0.4) is 0 Å². The summed E-state index contributed by atoms with van der Waals surface area (Å²) in [6.45, 7) is 8.40. The van der Waals surface area contributed by atoms with E-state index >= 15 is 0 Å². The van der Waals surface area contributed by atoms with Gasteiger partial charge in [-0.1, -0.05) is 136 Å². The number of hydrogen-bond donors (Lipinski definition) is 0. The Hall–Kier alpha value is -1.84. The van der Waals surface area contributed by atoms with Crippen molar-refractivity contribution in [2.24, 2.45) is 5.41 Å². The number of benzene rings is 1. The molecule has 0 aliphatic heterocycles. The molecule has 1 rings (SSSR count). The molecule has 0 spiro atoms. The minimum Gasteiger partial charge on any atom is -0.465 e. The third kappa shape index (κ3) is 13.5. The number of unbranched alkanes of at least 4 members (excludes halogenated alkanes) is 15. The first kappa shape index (κ1) is 33.2. The van der Waals surface area contributed by atoms with Crippen molar-refractivity contribution in [1.82, 2.24) is 0 Å². The van der Waals surface area contributed by atoms with Crippen LogP contribution in [0, 0.1) is 5.41 Å². The number of carbonyl (C=O) groups excluding carboxylic acids is 2. The minimum atomic E-state index is -1.24. The molecule has 0 radical (unpaired) electrons. The van der Waals surface area contributed by atoms with Crippen LogP contribution in [-0.4, -0.2) is 18.5 Å². The van der Waals surface area contributed by atoms with E-state index in [-0.39, 0.29) is 0 Å². The number of aryl methyl sites for hydroxylation is 1. The summed E-state index contributed by atoms with van der Waals surface area (Å²) < 4.78 is 11.2. The van der Waals surface area contributed by atoms with Crippen molar-refractivity contribution in [3.8, 4) is 5.75 Å². The van der Waals surface area contributed by atoms with E-state index in [9.17, 15) is 9.59 Å². The van der Waals surface area contributed by atoms with Gasteiger partial charge >= 0.3 is 11.9 Å². The molecule has 212 valence electrons. The Labute approximate surface area is 228 Å². The van der Waals surface area contributed by atoms with Crippen molar-refractivity contribution in [2.75, 3.05) is 6.61 Å². The van der Waals surface area contributed by atoms with Crippen LogP contribution in [0.1, 0.15) is 149 Å². The molecular formula is C33H56O4. The molecule has 4 nitrogen and oxygen atoms in total. The SMILES string of the molecule is CCCCCCCCCCCCCCCCCCOC(=O)C(CC)(CC)C(=O)Oc1cccc(CC)c1. The molecular weight excluding hydrogens is 460 g/mol. The molecule has 4 heteroatoms. The van der Waals surface area contributed by atoms with Gasteiger partial charge in [-0.3, -0.25) is 9.59 Å². The molecule has 1 aromatic rings. The first-order valence-electron chi connectivity index (χ1n) is 15.5. The minimum absolute atomic E-state index is 0.369. The van der Waals surface area contributed by atoms with Gasteiger partial charge in [0.25, 0.3) is 0 Å². The summed E-state index contributed by atoms with van der Waals surface area (Å²) in [7, 11) is 0. The lowest BCUT2D eigenvalue weighted by molar-refractivity contribution is -0.168. The zero-order valence-corrected chi connectivity index (χ0v) is 24.6. The maximum atomic E-state index is 13.0. The molecule has 0 fully saturated rings. The van der Waals surface area contributed by atoms with Gasteiger partial charge in [0.15, 0.2) is 5.41 Å². The van der Waals surface area contributed by atoms with Crippen molar-refractivity contribution in [3.05, 3.63) is 29.8 Å². The molecule has 0 saturated heterocycles. The molecule has 0 aliphatic carbocycles. The van der Waals surface area contributed by atoms with Crippen LogP contribution >= 0.6 is 0 Å². The quantitative estimate of drug-likeness (QED) is 0.0628. The Balaban J connectivity index is 2.15. The average Bonchev–Trinajstić information content (AvgIpc) is 2.91. The summed E-state index contributed by atoms with van der Waals surface area (Å²) in [4.78, 5) is 25.9. The fraction of sp³-hybridized carbons (Fsp3) is 0.758. The Morgan fingerprint density at radius 1 is 0.649 bits per heavy atom. The van der Waals surface area contributed by atoms with Gasteiger partial charge in [0, 0.05) is 0 Å². The van der Waals surface area contributed by atoms with Crippen LogP contribution in [0.4, 0.5) is 0 Å². The second-order valence-electron chi connectivity index (χ2n) is 10.6. The van der Waals surface area contributed by atoms with Gasteiger partial charge in [-0.15, -0.1) is 0 Å². The fourth-order valence-corrected chi connectivity index (χ4v) is 4.90. The van der Waals surface area contributed by atoms with Gasteiger partial charge in [0.05, 0.1) is 6.61 Å². The summed E-state index contributed by atoms with van der Waals surface area (Å²) >= 11 is 0. The third-order valence-electron chi connectivity index (χ3n) is 7.74. The van der Waals surface area contributed by atoms with Gasteiger partial charge in [-0.2, -0.15) is 0 Å². The summed E-state index contributed by atoms with van der Waals surface area (Å²) in [5, 5.41) is 0. The van der Waals surface area contributed by atoms with Gasteiger partial charge in [-0.05, 0) is 43.4 Å². The molecule has 1 aromatic carbocycles. The van der Waals surface area contributed by atoms with Crippen molar-refractivity contribution in [2.45, 2.75) is 150 Å². The highest BCUT2D eigenvalue weighted by atomic mass is 16.6.